The van der Waals surface area contributed by atoms with E-state index in [1.54, 1.807) is 12.1 Å². The maximum Gasteiger partial charge on any atom is 0.267 e. The van der Waals surface area contributed by atoms with Crippen LogP contribution in [0.15, 0.2) is 42.5 Å². The summed E-state index contributed by atoms with van der Waals surface area (Å²) in [5, 5.41) is 3.96. The topological polar surface area (TPSA) is 44.9 Å². The van der Waals surface area contributed by atoms with Gasteiger partial charge in [0.05, 0.1) is 0 Å². The zero-order valence-electron chi connectivity index (χ0n) is 13.2. The van der Waals surface area contributed by atoms with E-state index in [4.69, 9.17) is 0 Å². The highest BCUT2D eigenvalue weighted by atomic mass is 19.1. The number of carbonyl (C=O) groups is 1. The minimum Gasteiger partial charge on any atom is -0.351 e. The molecule has 2 N–H and O–H groups in total. The van der Waals surface area contributed by atoms with Gasteiger partial charge in [0, 0.05) is 17.4 Å². The molecule has 1 heterocycles. The van der Waals surface area contributed by atoms with Crippen molar-refractivity contribution in [3.63, 3.8) is 0 Å². The van der Waals surface area contributed by atoms with Gasteiger partial charge < -0.3 is 10.3 Å². The van der Waals surface area contributed by atoms with E-state index in [9.17, 15) is 9.18 Å². The predicted octanol–water partition coefficient (Wildman–Crippen LogP) is 3.90. The Hall–Kier alpha value is -2.62. The quantitative estimate of drug-likeness (QED) is 0.754. The summed E-state index contributed by atoms with van der Waals surface area (Å²) >= 11 is 0. The summed E-state index contributed by atoms with van der Waals surface area (Å²) in [5.41, 5.74) is 4.86. The lowest BCUT2D eigenvalue weighted by atomic mass is 10.1. The van der Waals surface area contributed by atoms with Crippen LogP contribution in [0.5, 0.6) is 0 Å². The lowest BCUT2D eigenvalue weighted by Crippen LogP contribution is -2.25. The van der Waals surface area contributed by atoms with Crippen molar-refractivity contribution in [3.05, 3.63) is 70.7 Å². The Morgan fingerprint density at radius 1 is 1.13 bits per heavy atom. The number of rotatable bonds is 4. The molecular weight excluding hydrogens is 291 g/mol. The molecule has 1 amide bonds. The zero-order chi connectivity index (χ0) is 16.4. The molecule has 0 aliphatic heterocycles. The average Bonchev–Trinajstić information content (AvgIpc) is 2.93. The molecule has 4 heteroatoms. The lowest BCUT2D eigenvalue weighted by Gasteiger charge is -2.04. The van der Waals surface area contributed by atoms with Crippen LogP contribution in [-0.4, -0.2) is 17.4 Å². The number of fused-ring (bicyclic) bond motifs is 1. The number of H-pyrrole nitrogens is 1. The average molecular weight is 310 g/mol. The summed E-state index contributed by atoms with van der Waals surface area (Å²) in [5.74, 6) is -0.373. The van der Waals surface area contributed by atoms with Crippen molar-refractivity contribution in [2.75, 3.05) is 6.54 Å². The van der Waals surface area contributed by atoms with Gasteiger partial charge in [-0.3, -0.25) is 4.79 Å². The molecule has 0 radical (unpaired) electrons. The van der Waals surface area contributed by atoms with Crippen LogP contribution in [0, 0.1) is 19.7 Å². The van der Waals surface area contributed by atoms with E-state index in [-0.39, 0.29) is 11.7 Å². The minimum atomic E-state index is -0.249. The molecule has 0 aliphatic carbocycles. The Balaban J connectivity index is 1.66. The Morgan fingerprint density at radius 3 is 2.61 bits per heavy atom. The second-order valence-electron chi connectivity index (χ2n) is 5.86. The number of aromatic amines is 1. The third-order valence-electron chi connectivity index (χ3n) is 3.95. The fraction of sp³-hybridized carbons (Fsp3) is 0.211. The maximum absolute atomic E-state index is 12.8. The number of halogens is 1. The number of amides is 1. The van der Waals surface area contributed by atoms with Crippen molar-refractivity contribution in [1.29, 1.82) is 0 Å². The summed E-state index contributed by atoms with van der Waals surface area (Å²) in [6.07, 6.45) is 0.671. The summed E-state index contributed by atoms with van der Waals surface area (Å²) in [6.45, 7) is 4.59. The first-order valence-corrected chi connectivity index (χ1v) is 7.65. The van der Waals surface area contributed by atoms with Crippen LogP contribution >= 0.6 is 0 Å². The van der Waals surface area contributed by atoms with Gasteiger partial charge in [0.25, 0.3) is 5.91 Å². The van der Waals surface area contributed by atoms with E-state index >= 15 is 0 Å². The van der Waals surface area contributed by atoms with Crippen molar-refractivity contribution < 1.29 is 9.18 Å². The molecule has 0 saturated carbocycles. The molecule has 3 rings (SSSR count). The van der Waals surface area contributed by atoms with E-state index in [0.29, 0.717) is 18.7 Å². The Bertz CT molecular complexity index is 850. The van der Waals surface area contributed by atoms with Crippen molar-refractivity contribution in [2.24, 2.45) is 0 Å². The molecule has 0 bridgehead atoms. The van der Waals surface area contributed by atoms with Gasteiger partial charge in [-0.1, -0.05) is 18.2 Å². The van der Waals surface area contributed by atoms with Crippen LogP contribution in [0.25, 0.3) is 10.9 Å². The molecule has 0 aliphatic rings. The Morgan fingerprint density at radius 2 is 1.87 bits per heavy atom. The van der Waals surface area contributed by atoms with Crippen LogP contribution < -0.4 is 5.32 Å². The first-order valence-electron chi connectivity index (χ1n) is 7.65. The van der Waals surface area contributed by atoms with Crippen LogP contribution in [0.3, 0.4) is 0 Å². The van der Waals surface area contributed by atoms with Gasteiger partial charge in [-0.25, -0.2) is 4.39 Å². The van der Waals surface area contributed by atoms with Gasteiger partial charge in [0.2, 0.25) is 0 Å². The standard InChI is InChI=1S/C19H19FN2O/c1-12-9-13(2)16-11-18(22-17(16)10-12)19(23)21-8-7-14-3-5-15(20)6-4-14/h3-6,9-11,22H,7-8H2,1-2H3,(H,21,23). The van der Waals surface area contributed by atoms with E-state index in [0.717, 1.165) is 22.0 Å². The third kappa shape index (κ3) is 3.42. The molecule has 3 aromatic rings. The van der Waals surface area contributed by atoms with Crippen molar-refractivity contribution in [3.8, 4) is 0 Å². The molecular formula is C19H19FN2O. The smallest absolute Gasteiger partial charge is 0.267 e. The highest BCUT2D eigenvalue weighted by Crippen LogP contribution is 2.21. The molecule has 0 spiro atoms. The van der Waals surface area contributed by atoms with Gasteiger partial charge >= 0.3 is 0 Å². The van der Waals surface area contributed by atoms with E-state index in [1.165, 1.54) is 17.7 Å². The molecule has 0 saturated heterocycles. The number of aromatic nitrogens is 1. The molecule has 2 aromatic carbocycles. The fourth-order valence-corrected chi connectivity index (χ4v) is 2.79. The van der Waals surface area contributed by atoms with Gasteiger partial charge in [-0.05, 0) is 61.2 Å². The number of nitrogens with one attached hydrogen (secondary N) is 2. The zero-order valence-corrected chi connectivity index (χ0v) is 13.2. The number of hydrogen-bond donors (Lipinski definition) is 2. The molecule has 1 aromatic heterocycles. The SMILES string of the molecule is Cc1cc(C)c2cc(C(=O)NCCc3ccc(F)cc3)[nH]c2c1. The number of aryl methyl sites for hydroxylation is 2. The van der Waals surface area contributed by atoms with E-state index in [1.807, 2.05) is 26.0 Å². The van der Waals surface area contributed by atoms with Crippen LogP contribution in [0.4, 0.5) is 4.39 Å². The lowest BCUT2D eigenvalue weighted by molar-refractivity contribution is 0.0950. The number of benzene rings is 2. The van der Waals surface area contributed by atoms with Gasteiger partial charge in [-0.15, -0.1) is 0 Å². The van der Waals surface area contributed by atoms with E-state index in [2.05, 4.69) is 16.4 Å². The predicted molar refractivity (Wildman–Crippen MR) is 90.2 cm³/mol. The van der Waals surface area contributed by atoms with Crippen molar-refractivity contribution in [1.82, 2.24) is 10.3 Å². The Kier molecular flexibility index (Phi) is 4.15. The second-order valence-corrected chi connectivity index (χ2v) is 5.86. The number of carbonyl (C=O) groups excluding carboxylic acids is 1. The first-order chi connectivity index (χ1) is 11.0. The fourth-order valence-electron chi connectivity index (χ4n) is 2.79. The van der Waals surface area contributed by atoms with Gasteiger partial charge in [0.1, 0.15) is 11.5 Å². The van der Waals surface area contributed by atoms with Gasteiger partial charge in [-0.2, -0.15) is 0 Å². The summed E-state index contributed by atoms with van der Waals surface area (Å²) in [7, 11) is 0. The normalized spacial score (nSPS) is 10.9. The Labute approximate surface area is 134 Å². The largest absolute Gasteiger partial charge is 0.351 e. The monoisotopic (exact) mass is 310 g/mol. The maximum atomic E-state index is 12.8. The summed E-state index contributed by atoms with van der Waals surface area (Å²) in [6, 6.07) is 12.4. The van der Waals surface area contributed by atoms with E-state index < -0.39 is 0 Å². The summed E-state index contributed by atoms with van der Waals surface area (Å²) < 4.78 is 12.8. The molecule has 118 valence electrons. The molecule has 0 unspecified atom stereocenters. The van der Waals surface area contributed by atoms with Crippen LogP contribution in [0.2, 0.25) is 0 Å². The minimum absolute atomic E-state index is 0.125. The highest BCUT2D eigenvalue weighted by Gasteiger charge is 2.10. The molecule has 0 fully saturated rings. The third-order valence-corrected chi connectivity index (χ3v) is 3.95. The van der Waals surface area contributed by atoms with Crippen LogP contribution in [-0.2, 0) is 6.42 Å². The van der Waals surface area contributed by atoms with Crippen molar-refractivity contribution >= 4 is 16.8 Å². The molecule has 23 heavy (non-hydrogen) atoms. The highest BCUT2D eigenvalue weighted by molar-refractivity contribution is 5.98. The van der Waals surface area contributed by atoms with Crippen molar-refractivity contribution in [2.45, 2.75) is 20.3 Å². The number of hydrogen-bond acceptors (Lipinski definition) is 1. The van der Waals surface area contributed by atoms with Crippen LogP contribution in [0.1, 0.15) is 27.2 Å². The molecule has 3 nitrogen and oxygen atoms in total. The second kappa shape index (κ2) is 6.24. The summed E-state index contributed by atoms with van der Waals surface area (Å²) in [4.78, 5) is 15.4. The van der Waals surface area contributed by atoms with Gasteiger partial charge in [0.15, 0.2) is 0 Å². The first kappa shape index (κ1) is 15.3. The molecule has 0 atom stereocenters.